The molecule has 4 rings (SSSR count). The number of nitrogens with zero attached hydrogens (tertiary/aromatic N) is 2. The second-order valence-corrected chi connectivity index (χ2v) is 8.50. The van der Waals surface area contributed by atoms with E-state index < -0.39 is 12.0 Å². The maximum absolute atomic E-state index is 13.5. The molecule has 3 aromatic rings. The van der Waals surface area contributed by atoms with Crippen LogP contribution >= 0.6 is 11.3 Å². The zero-order valence-corrected chi connectivity index (χ0v) is 19.2. The molecule has 1 aliphatic rings. The molecule has 1 aromatic heterocycles. The first-order chi connectivity index (χ1) is 15.4. The van der Waals surface area contributed by atoms with Crippen molar-refractivity contribution in [2.24, 2.45) is 4.99 Å². The van der Waals surface area contributed by atoms with E-state index in [0.717, 1.165) is 16.7 Å². The zero-order valence-electron chi connectivity index (χ0n) is 18.4. The molecule has 7 heteroatoms. The van der Waals surface area contributed by atoms with E-state index in [4.69, 9.17) is 9.47 Å². The van der Waals surface area contributed by atoms with Crippen LogP contribution in [0.25, 0.3) is 6.08 Å². The second kappa shape index (κ2) is 8.96. The van der Waals surface area contributed by atoms with Crippen LogP contribution in [0, 0.1) is 6.92 Å². The van der Waals surface area contributed by atoms with Crippen molar-refractivity contribution in [2.75, 3.05) is 13.7 Å². The molecule has 0 unspecified atom stereocenters. The number of hydrogen-bond acceptors (Lipinski definition) is 6. The van der Waals surface area contributed by atoms with Crippen molar-refractivity contribution in [3.8, 4) is 5.75 Å². The average Bonchev–Trinajstić information content (AvgIpc) is 3.09. The summed E-state index contributed by atoms with van der Waals surface area (Å²) in [6, 6.07) is 14.7. The molecule has 0 amide bonds. The Hall–Kier alpha value is -3.45. The second-order valence-electron chi connectivity index (χ2n) is 7.49. The number of rotatable bonds is 5. The topological polar surface area (TPSA) is 69.9 Å². The van der Waals surface area contributed by atoms with Crippen LogP contribution in [0.5, 0.6) is 5.75 Å². The number of carbonyl (C=O) groups excluding carboxylic acids is 1. The predicted octanol–water partition coefficient (Wildman–Crippen LogP) is 3.12. The van der Waals surface area contributed by atoms with E-state index in [1.54, 1.807) is 25.5 Å². The third-order valence-electron chi connectivity index (χ3n) is 5.32. The van der Waals surface area contributed by atoms with E-state index >= 15 is 0 Å². The van der Waals surface area contributed by atoms with E-state index in [9.17, 15) is 9.59 Å². The Bertz CT molecular complexity index is 1360. The number of methoxy groups -OCH3 is 1. The summed E-state index contributed by atoms with van der Waals surface area (Å²) in [7, 11) is 1.59. The van der Waals surface area contributed by atoms with Gasteiger partial charge in [-0.25, -0.2) is 9.79 Å². The number of ether oxygens (including phenoxy) is 2. The lowest BCUT2D eigenvalue weighted by Crippen LogP contribution is -2.39. The molecular formula is C25H24N2O4S. The predicted molar refractivity (Wildman–Crippen MR) is 125 cm³/mol. The standard InChI is InChI=1S/C25H24N2O4S/c1-5-31-24(29)21-16(3)26-25-27(22(21)18-10-12-19(30-4)13-11-18)23(28)20(32-25)14-17-8-6-15(2)7-9-17/h6-14,22H,5H2,1-4H3/b20-14+/t22-/m0/s1. The van der Waals surface area contributed by atoms with E-state index in [1.165, 1.54) is 11.3 Å². The summed E-state index contributed by atoms with van der Waals surface area (Å²) >= 11 is 1.32. The van der Waals surface area contributed by atoms with E-state index in [1.807, 2.05) is 61.5 Å². The van der Waals surface area contributed by atoms with Gasteiger partial charge in [-0.3, -0.25) is 9.36 Å². The fourth-order valence-electron chi connectivity index (χ4n) is 3.71. The molecule has 1 atom stereocenters. The van der Waals surface area contributed by atoms with Crippen LogP contribution in [0.15, 0.2) is 69.6 Å². The maximum atomic E-state index is 13.5. The number of aromatic nitrogens is 1. The number of aryl methyl sites for hydroxylation is 1. The Morgan fingerprint density at radius 2 is 1.81 bits per heavy atom. The van der Waals surface area contributed by atoms with Crippen molar-refractivity contribution in [1.29, 1.82) is 0 Å². The van der Waals surface area contributed by atoms with E-state index in [-0.39, 0.29) is 12.2 Å². The maximum Gasteiger partial charge on any atom is 0.338 e. The first-order valence-electron chi connectivity index (χ1n) is 10.3. The molecule has 0 N–H and O–H groups in total. The minimum atomic E-state index is -0.628. The number of allylic oxidation sites excluding steroid dienone is 1. The summed E-state index contributed by atoms with van der Waals surface area (Å²) in [5.74, 6) is 0.223. The molecule has 0 aliphatic carbocycles. The summed E-state index contributed by atoms with van der Waals surface area (Å²) in [6.45, 7) is 5.79. The van der Waals surface area contributed by atoms with Gasteiger partial charge in [0.25, 0.3) is 5.56 Å². The van der Waals surface area contributed by atoms with Crippen LogP contribution in [0.2, 0.25) is 0 Å². The monoisotopic (exact) mass is 448 g/mol. The van der Waals surface area contributed by atoms with Gasteiger partial charge >= 0.3 is 5.97 Å². The van der Waals surface area contributed by atoms with E-state index in [0.29, 0.717) is 26.4 Å². The first-order valence-corrected chi connectivity index (χ1v) is 11.1. The lowest BCUT2D eigenvalue weighted by molar-refractivity contribution is -0.139. The van der Waals surface area contributed by atoms with Gasteiger partial charge in [0, 0.05) is 0 Å². The molecule has 164 valence electrons. The van der Waals surface area contributed by atoms with Crippen LogP contribution in [-0.2, 0) is 9.53 Å². The number of carbonyl (C=O) groups is 1. The van der Waals surface area contributed by atoms with Gasteiger partial charge in [0.15, 0.2) is 4.80 Å². The number of thiazole rings is 1. The third-order valence-corrected chi connectivity index (χ3v) is 6.31. The Kier molecular flexibility index (Phi) is 6.10. The number of benzene rings is 2. The highest BCUT2D eigenvalue weighted by molar-refractivity contribution is 7.07. The van der Waals surface area contributed by atoms with Gasteiger partial charge in [0.1, 0.15) is 5.75 Å². The minimum absolute atomic E-state index is 0.190. The lowest BCUT2D eigenvalue weighted by atomic mass is 9.96. The van der Waals surface area contributed by atoms with Gasteiger partial charge in [-0.15, -0.1) is 0 Å². The quantitative estimate of drug-likeness (QED) is 0.563. The Morgan fingerprint density at radius 3 is 2.44 bits per heavy atom. The van der Waals surface area contributed by atoms with E-state index in [2.05, 4.69) is 4.99 Å². The summed E-state index contributed by atoms with van der Waals surface area (Å²) in [4.78, 5) is 31.5. The van der Waals surface area contributed by atoms with Gasteiger partial charge in [-0.2, -0.15) is 0 Å². The summed E-state index contributed by atoms with van der Waals surface area (Å²) in [6.07, 6.45) is 1.86. The Morgan fingerprint density at radius 1 is 1.12 bits per heavy atom. The highest BCUT2D eigenvalue weighted by Gasteiger charge is 2.33. The Labute approximate surface area is 189 Å². The van der Waals surface area contributed by atoms with Gasteiger partial charge in [-0.05, 0) is 50.1 Å². The summed E-state index contributed by atoms with van der Waals surface area (Å²) in [5, 5.41) is 0. The SMILES string of the molecule is CCOC(=O)C1=C(C)N=c2s/c(=C/c3ccc(C)cc3)c(=O)n2[C@H]1c1ccc(OC)cc1. The van der Waals surface area contributed by atoms with Crippen LogP contribution in [0.3, 0.4) is 0 Å². The fraction of sp³-hybridized carbons (Fsp3) is 0.240. The largest absolute Gasteiger partial charge is 0.497 e. The Balaban J connectivity index is 1.93. The first kappa shape index (κ1) is 21.8. The van der Waals surface area contributed by atoms with Crippen molar-refractivity contribution < 1.29 is 14.3 Å². The number of esters is 1. The summed E-state index contributed by atoms with van der Waals surface area (Å²) < 4.78 is 12.7. The number of hydrogen-bond donors (Lipinski definition) is 0. The molecule has 0 fully saturated rings. The molecular weight excluding hydrogens is 424 g/mol. The van der Waals surface area contributed by atoms with Gasteiger partial charge in [0.2, 0.25) is 0 Å². The van der Waals surface area contributed by atoms with Crippen LogP contribution in [-0.4, -0.2) is 24.3 Å². The van der Waals surface area contributed by atoms with Crippen molar-refractivity contribution in [3.05, 3.63) is 96.2 Å². The zero-order chi connectivity index (χ0) is 22.8. The minimum Gasteiger partial charge on any atom is -0.497 e. The van der Waals surface area contributed by atoms with Crippen LogP contribution in [0.1, 0.15) is 36.6 Å². The third kappa shape index (κ3) is 4.03. The number of fused-ring (bicyclic) bond motifs is 1. The molecule has 0 radical (unpaired) electrons. The molecule has 0 spiro atoms. The van der Waals surface area contributed by atoms with Crippen molar-refractivity contribution in [2.45, 2.75) is 26.8 Å². The van der Waals surface area contributed by atoms with Crippen LogP contribution < -0.4 is 19.6 Å². The highest BCUT2D eigenvalue weighted by Crippen LogP contribution is 2.31. The molecule has 32 heavy (non-hydrogen) atoms. The van der Waals surface area contributed by atoms with Gasteiger partial charge in [0.05, 0.1) is 35.6 Å². The van der Waals surface area contributed by atoms with Crippen LogP contribution in [0.4, 0.5) is 0 Å². The lowest BCUT2D eigenvalue weighted by Gasteiger charge is -2.24. The molecule has 0 saturated heterocycles. The fourth-order valence-corrected chi connectivity index (χ4v) is 4.75. The normalized spacial score (nSPS) is 15.9. The van der Waals surface area contributed by atoms with Gasteiger partial charge in [-0.1, -0.05) is 53.3 Å². The molecule has 0 saturated carbocycles. The average molecular weight is 449 g/mol. The summed E-state index contributed by atoms with van der Waals surface area (Å²) in [5.41, 5.74) is 3.59. The molecule has 2 heterocycles. The smallest absolute Gasteiger partial charge is 0.338 e. The molecule has 1 aliphatic heterocycles. The van der Waals surface area contributed by atoms with Crippen molar-refractivity contribution in [1.82, 2.24) is 4.57 Å². The van der Waals surface area contributed by atoms with Crippen molar-refractivity contribution >= 4 is 23.4 Å². The van der Waals surface area contributed by atoms with Gasteiger partial charge < -0.3 is 9.47 Å². The molecule has 6 nitrogen and oxygen atoms in total. The van der Waals surface area contributed by atoms with Crippen molar-refractivity contribution in [3.63, 3.8) is 0 Å². The molecule has 2 aromatic carbocycles. The molecule has 0 bridgehead atoms. The highest BCUT2D eigenvalue weighted by atomic mass is 32.1.